The molecule has 0 aromatic heterocycles. The van der Waals surface area contributed by atoms with Crippen LogP contribution in [0.5, 0.6) is 0 Å². The second kappa shape index (κ2) is 9.26. The predicted octanol–water partition coefficient (Wildman–Crippen LogP) is 2.68. The molecule has 1 amide bonds. The van der Waals surface area contributed by atoms with Crippen LogP contribution in [-0.2, 0) is 4.79 Å². The summed E-state index contributed by atoms with van der Waals surface area (Å²) in [4.78, 5) is 12.2. The molecule has 0 saturated heterocycles. The van der Waals surface area contributed by atoms with E-state index >= 15 is 0 Å². The van der Waals surface area contributed by atoms with Gasteiger partial charge in [-0.25, -0.2) is 0 Å². The molecule has 0 aliphatic rings. The predicted molar refractivity (Wildman–Crippen MR) is 88.7 cm³/mol. The molecule has 1 rings (SSSR count). The van der Waals surface area contributed by atoms with Gasteiger partial charge in [-0.15, -0.1) is 12.4 Å². The van der Waals surface area contributed by atoms with Crippen molar-refractivity contribution in [1.29, 1.82) is 0 Å². The molecule has 4 nitrogen and oxygen atoms in total. The highest BCUT2D eigenvalue weighted by Crippen LogP contribution is 2.25. The van der Waals surface area contributed by atoms with Gasteiger partial charge in [-0.3, -0.25) is 4.79 Å². The van der Waals surface area contributed by atoms with E-state index in [0.29, 0.717) is 24.4 Å². The Hall–Kier alpha value is -0.810. The smallest absolute Gasteiger partial charge is 0.227 e. The molecule has 120 valence electrons. The quantitative estimate of drug-likeness (QED) is 0.717. The van der Waals surface area contributed by atoms with E-state index < -0.39 is 11.5 Å². The highest BCUT2D eigenvalue weighted by molar-refractivity contribution is 6.30. The maximum absolute atomic E-state index is 12.2. The molecule has 0 bridgehead atoms. The van der Waals surface area contributed by atoms with E-state index in [2.05, 4.69) is 5.32 Å². The highest BCUT2D eigenvalue weighted by Gasteiger charge is 2.33. The first-order valence-electron chi connectivity index (χ1n) is 6.91. The van der Waals surface area contributed by atoms with E-state index in [9.17, 15) is 9.90 Å². The van der Waals surface area contributed by atoms with Crippen molar-refractivity contribution in [2.24, 2.45) is 11.1 Å². The minimum absolute atomic E-state index is 0. The molecule has 1 aromatic carbocycles. The van der Waals surface area contributed by atoms with Gasteiger partial charge in [0, 0.05) is 18.1 Å². The molecule has 0 radical (unpaired) electrons. The lowest BCUT2D eigenvalue weighted by molar-refractivity contribution is -0.131. The summed E-state index contributed by atoms with van der Waals surface area (Å²) in [5.74, 6) is -0.0991. The Bertz CT molecular complexity index is 426. The zero-order valence-corrected chi connectivity index (χ0v) is 14.0. The molecular formula is C15H24Cl2N2O2. The molecule has 1 aromatic rings. The van der Waals surface area contributed by atoms with Gasteiger partial charge >= 0.3 is 0 Å². The molecule has 1 atom stereocenters. The zero-order valence-electron chi connectivity index (χ0n) is 12.4. The molecule has 0 aliphatic carbocycles. The standard InChI is InChI=1S/C15H23ClN2O2.ClH/c1-3-15(4-2,10-17)14(20)18-9-13(19)11-5-7-12(16)8-6-11;/h5-8,13,19H,3-4,9-10,17H2,1-2H3,(H,18,20);1H. The van der Waals surface area contributed by atoms with E-state index in [1.165, 1.54) is 0 Å². The number of nitrogens with one attached hydrogen (secondary N) is 1. The third-order valence-electron chi connectivity index (χ3n) is 3.94. The SMILES string of the molecule is CCC(CC)(CN)C(=O)NCC(O)c1ccc(Cl)cc1.Cl. The number of nitrogens with two attached hydrogens (primary N) is 1. The fourth-order valence-electron chi connectivity index (χ4n) is 2.13. The maximum atomic E-state index is 12.2. The average Bonchev–Trinajstić information content (AvgIpc) is 2.48. The summed E-state index contributed by atoms with van der Waals surface area (Å²) < 4.78 is 0. The van der Waals surface area contributed by atoms with Crippen LogP contribution in [0.2, 0.25) is 5.02 Å². The Kier molecular flexibility index (Phi) is 8.90. The summed E-state index contributed by atoms with van der Waals surface area (Å²) in [6.07, 6.45) is 0.617. The minimum atomic E-state index is -0.750. The largest absolute Gasteiger partial charge is 0.387 e. The summed E-state index contributed by atoms with van der Waals surface area (Å²) in [7, 11) is 0. The molecule has 0 spiro atoms. The van der Waals surface area contributed by atoms with E-state index in [-0.39, 0.29) is 24.9 Å². The number of hydrogen-bond acceptors (Lipinski definition) is 3. The minimum Gasteiger partial charge on any atom is -0.387 e. The van der Waals surface area contributed by atoms with Gasteiger partial charge in [0.15, 0.2) is 0 Å². The number of aliphatic hydroxyl groups excluding tert-OH is 1. The van der Waals surface area contributed by atoms with Gasteiger partial charge < -0.3 is 16.2 Å². The lowest BCUT2D eigenvalue weighted by Crippen LogP contribution is -2.46. The summed E-state index contributed by atoms with van der Waals surface area (Å²) in [5, 5.41) is 13.5. The lowest BCUT2D eigenvalue weighted by atomic mass is 9.81. The van der Waals surface area contributed by atoms with Crippen molar-refractivity contribution < 1.29 is 9.90 Å². The van der Waals surface area contributed by atoms with Crippen molar-refractivity contribution >= 4 is 29.9 Å². The molecular weight excluding hydrogens is 311 g/mol. The number of carbonyl (C=O) groups excluding carboxylic acids is 1. The molecule has 0 heterocycles. The van der Waals surface area contributed by atoms with Crippen molar-refractivity contribution in [3.05, 3.63) is 34.9 Å². The van der Waals surface area contributed by atoms with Gasteiger partial charge in [0.05, 0.1) is 11.5 Å². The maximum Gasteiger partial charge on any atom is 0.227 e. The van der Waals surface area contributed by atoms with Crippen LogP contribution in [0, 0.1) is 5.41 Å². The van der Waals surface area contributed by atoms with E-state index in [1.54, 1.807) is 24.3 Å². The average molecular weight is 335 g/mol. The summed E-state index contributed by atoms with van der Waals surface area (Å²) in [6.45, 7) is 4.38. The van der Waals surface area contributed by atoms with Crippen molar-refractivity contribution in [1.82, 2.24) is 5.32 Å². The number of amides is 1. The first kappa shape index (κ1) is 20.2. The Balaban J connectivity index is 0.00000400. The van der Waals surface area contributed by atoms with Gasteiger partial charge in [-0.2, -0.15) is 0 Å². The summed E-state index contributed by atoms with van der Waals surface area (Å²) >= 11 is 5.79. The zero-order chi connectivity index (χ0) is 15.2. The van der Waals surface area contributed by atoms with Crippen molar-refractivity contribution in [3.8, 4) is 0 Å². The van der Waals surface area contributed by atoms with Crippen molar-refractivity contribution in [2.75, 3.05) is 13.1 Å². The Morgan fingerprint density at radius 2 is 1.86 bits per heavy atom. The number of hydrogen-bond donors (Lipinski definition) is 3. The van der Waals surface area contributed by atoms with Gasteiger partial charge in [-0.05, 0) is 30.5 Å². The van der Waals surface area contributed by atoms with Crippen LogP contribution in [-0.4, -0.2) is 24.1 Å². The van der Waals surface area contributed by atoms with Crippen LogP contribution in [0.25, 0.3) is 0 Å². The number of aliphatic hydroxyl groups is 1. The van der Waals surface area contributed by atoms with Gasteiger partial charge in [-0.1, -0.05) is 37.6 Å². The van der Waals surface area contributed by atoms with Crippen molar-refractivity contribution in [3.63, 3.8) is 0 Å². The first-order chi connectivity index (χ1) is 9.49. The third kappa shape index (κ3) is 5.15. The Labute approximate surface area is 137 Å². The fourth-order valence-corrected chi connectivity index (χ4v) is 2.26. The number of rotatable bonds is 7. The normalized spacial score (nSPS) is 12.4. The van der Waals surface area contributed by atoms with Crippen LogP contribution >= 0.6 is 24.0 Å². The fraction of sp³-hybridized carbons (Fsp3) is 0.533. The molecule has 0 saturated carbocycles. The van der Waals surface area contributed by atoms with Gasteiger partial charge in [0.2, 0.25) is 5.91 Å². The second-order valence-corrected chi connectivity index (χ2v) is 5.41. The van der Waals surface area contributed by atoms with Crippen LogP contribution in [0.3, 0.4) is 0 Å². The van der Waals surface area contributed by atoms with Gasteiger partial charge in [0.1, 0.15) is 0 Å². The van der Waals surface area contributed by atoms with Crippen LogP contribution in [0.4, 0.5) is 0 Å². The summed E-state index contributed by atoms with van der Waals surface area (Å²) in [6, 6.07) is 6.92. The molecule has 21 heavy (non-hydrogen) atoms. The molecule has 1 unspecified atom stereocenters. The topological polar surface area (TPSA) is 75.4 Å². The molecule has 4 N–H and O–H groups in total. The van der Waals surface area contributed by atoms with Crippen LogP contribution < -0.4 is 11.1 Å². The molecule has 0 aliphatic heterocycles. The lowest BCUT2D eigenvalue weighted by Gasteiger charge is -2.29. The van der Waals surface area contributed by atoms with E-state index in [4.69, 9.17) is 17.3 Å². The van der Waals surface area contributed by atoms with E-state index in [0.717, 1.165) is 5.56 Å². The third-order valence-corrected chi connectivity index (χ3v) is 4.19. The number of carbonyl (C=O) groups is 1. The summed E-state index contributed by atoms with van der Waals surface area (Å²) in [5.41, 5.74) is 5.91. The molecule has 0 fully saturated rings. The van der Waals surface area contributed by atoms with Crippen molar-refractivity contribution in [2.45, 2.75) is 32.8 Å². The van der Waals surface area contributed by atoms with E-state index in [1.807, 2.05) is 13.8 Å². The highest BCUT2D eigenvalue weighted by atomic mass is 35.5. The van der Waals surface area contributed by atoms with Crippen LogP contribution in [0.15, 0.2) is 24.3 Å². The number of halogens is 2. The Morgan fingerprint density at radius 3 is 2.29 bits per heavy atom. The monoisotopic (exact) mass is 334 g/mol. The Morgan fingerprint density at radius 1 is 1.33 bits per heavy atom. The number of benzene rings is 1. The van der Waals surface area contributed by atoms with Gasteiger partial charge in [0.25, 0.3) is 0 Å². The second-order valence-electron chi connectivity index (χ2n) is 4.97. The first-order valence-corrected chi connectivity index (χ1v) is 7.28. The van der Waals surface area contributed by atoms with Crippen LogP contribution in [0.1, 0.15) is 38.4 Å². The molecule has 6 heteroatoms.